The third-order valence-electron chi connectivity index (χ3n) is 3.53. The van der Waals surface area contributed by atoms with E-state index in [4.69, 9.17) is 10.6 Å². The van der Waals surface area contributed by atoms with Crippen LogP contribution in [0.2, 0.25) is 0 Å². The van der Waals surface area contributed by atoms with Crippen molar-refractivity contribution in [2.45, 2.75) is 31.8 Å². The summed E-state index contributed by atoms with van der Waals surface area (Å²) in [6.07, 6.45) is 2.92. The predicted molar refractivity (Wildman–Crippen MR) is 62.4 cm³/mol. The average Bonchev–Trinajstić information content (AvgIpc) is 2.31. The number of hydrogen-bond donors (Lipinski definition) is 2. The molecule has 1 aliphatic heterocycles. The largest absolute Gasteiger partial charge is 0.379 e. The summed E-state index contributed by atoms with van der Waals surface area (Å²) in [6, 6.07) is 0.112. The molecule has 88 valence electrons. The number of rotatable bonds is 5. The lowest BCUT2D eigenvalue weighted by molar-refractivity contribution is -0.0261. The number of morpholine rings is 1. The highest BCUT2D eigenvalue weighted by atomic mass is 16.5. The van der Waals surface area contributed by atoms with Crippen molar-refractivity contribution in [2.24, 2.45) is 5.84 Å². The van der Waals surface area contributed by atoms with Gasteiger partial charge in [-0.3, -0.25) is 16.2 Å². The molecule has 1 rings (SSSR count). The first-order chi connectivity index (χ1) is 7.19. The first-order valence-electron chi connectivity index (χ1n) is 5.60. The lowest BCUT2D eigenvalue weighted by Crippen LogP contribution is -2.62. The summed E-state index contributed by atoms with van der Waals surface area (Å²) in [5.41, 5.74) is 2.87. The Morgan fingerprint density at radius 2 is 2.20 bits per heavy atom. The van der Waals surface area contributed by atoms with E-state index in [1.807, 2.05) is 6.08 Å². The Balaban J connectivity index is 2.76. The molecule has 0 radical (unpaired) electrons. The normalized spacial score (nSPS) is 24.5. The Kier molecular flexibility index (Phi) is 4.73. The van der Waals surface area contributed by atoms with E-state index in [0.29, 0.717) is 0 Å². The van der Waals surface area contributed by atoms with E-state index in [1.54, 1.807) is 0 Å². The highest BCUT2D eigenvalue weighted by Crippen LogP contribution is 2.25. The van der Waals surface area contributed by atoms with Gasteiger partial charge in [0.05, 0.1) is 19.3 Å². The molecule has 0 amide bonds. The van der Waals surface area contributed by atoms with E-state index in [-0.39, 0.29) is 11.6 Å². The molecule has 0 aromatic carbocycles. The molecule has 1 saturated heterocycles. The minimum atomic E-state index is 0.0281. The van der Waals surface area contributed by atoms with Crippen molar-refractivity contribution in [3.05, 3.63) is 12.7 Å². The Labute approximate surface area is 92.4 Å². The molecule has 4 heteroatoms. The van der Waals surface area contributed by atoms with Gasteiger partial charge in [0.25, 0.3) is 0 Å². The van der Waals surface area contributed by atoms with Crippen LogP contribution in [0, 0.1) is 0 Å². The van der Waals surface area contributed by atoms with Crippen LogP contribution in [-0.2, 0) is 4.74 Å². The number of ether oxygens (including phenoxy) is 1. The summed E-state index contributed by atoms with van der Waals surface area (Å²) in [6.45, 7) is 11.8. The zero-order valence-corrected chi connectivity index (χ0v) is 9.83. The second kappa shape index (κ2) is 5.61. The van der Waals surface area contributed by atoms with Gasteiger partial charge in [-0.15, -0.1) is 6.58 Å². The third kappa shape index (κ3) is 2.58. The summed E-state index contributed by atoms with van der Waals surface area (Å²) < 4.78 is 5.37. The van der Waals surface area contributed by atoms with Gasteiger partial charge in [0.1, 0.15) is 0 Å². The van der Waals surface area contributed by atoms with Gasteiger partial charge in [0.2, 0.25) is 0 Å². The minimum absolute atomic E-state index is 0.0281. The highest BCUT2D eigenvalue weighted by molar-refractivity contribution is 5.04. The highest BCUT2D eigenvalue weighted by Gasteiger charge is 2.36. The molecule has 0 aliphatic carbocycles. The molecule has 0 aromatic rings. The molecule has 2 atom stereocenters. The van der Waals surface area contributed by atoms with E-state index in [2.05, 4.69) is 30.8 Å². The van der Waals surface area contributed by atoms with Gasteiger partial charge in [0, 0.05) is 18.6 Å². The third-order valence-corrected chi connectivity index (χ3v) is 3.53. The molecule has 4 nitrogen and oxygen atoms in total. The van der Waals surface area contributed by atoms with Gasteiger partial charge >= 0.3 is 0 Å². The maximum Gasteiger partial charge on any atom is 0.0594 e. The number of nitrogens with zero attached hydrogens (tertiary/aromatic N) is 1. The number of nitrogens with one attached hydrogen (secondary N) is 1. The number of hydrazine groups is 1. The smallest absolute Gasteiger partial charge is 0.0594 e. The van der Waals surface area contributed by atoms with Crippen LogP contribution >= 0.6 is 0 Å². The fourth-order valence-electron chi connectivity index (χ4n) is 2.22. The fraction of sp³-hybridized carbons (Fsp3) is 0.818. The maximum atomic E-state index is 5.57. The van der Waals surface area contributed by atoms with E-state index in [0.717, 1.165) is 32.7 Å². The van der Waals surface area contributed by atoms with Gasteiger partial charge in [0.15, 0.2) is 0 Å². The monoisotopic (exact) mass is 213 g/mol. The molecule has 1 heterocycles. The molecule has 2 unspecified atom stereocenters. The van der Waals surface area contributed by atoms with Crippen molar-refractivity contribution in [2.75, 3.05) is 26.3 Å². The van der Waals surface area contributed by atoms with E-state index in [1.165, 1.54) is 0 Å². The molecular weight excluding hydrogens is 190 g/mol. The minimum Gasteiger partial charge on any atom is -0.379 e. The fourth-order valence-corrected chi connectivity index (χ4v) is 2.22. The van der Waals surface area contributed by atoms with Crippen LogP contribution in [-0.4, -0.2) is 42.8 Å². The Morgan fingerprint density at radius 1 is 1.60 bits per heavy atom. The van der Waals surface area contributed by atoms with Crippen LogP contribution in [0.3, 0.4) is 0 Å². The molecule has 15 heavy (non-hydrogen) atoms. The second-order valence-corrected chi connectivity index (χ2v) is 4.19. The Hall–Kier alpha value is -0.420. The quantitative estimate of drug-likeness (QED) is 0.397. The molecule has 0 spiro atoms. The number of hydrogen-bond acceptors (Lipinski definition) is 4. The molecule has 0 saturated carbocycles. The van der Waals surface area contributed by atoms with Crippen molar-refractivity contribution in [3.8, 4) is 0 Å². The zero-order valence-electron chi connectivity index (χ0n) is 9.83. The lowest BCUT2D eigenvalue weighted by Gasteiger charge is -2.46. The summed E-state index contributed by atoms with van der Waals surface area (Å²) >= 11 is 0. The van der Waals surface area contributed by atoms with Gasteiger partial charge < -0.3 is 4.74 Å². The second-order valence-electron chi connectivity index (χ2n) is 4.19. The van der Waals surface area contributed by atoms with Crippen LogP contribution in [0.1, 0.15) is 20.3 Å². The van der Waals surface area contributed by atoms with Gasteiger partial charge in [-0.1, -0.05) is 13.0 Å². The van der Waals surface area contributed by atoms with Crippen LogP contribution < -0.4 is 11.3 Å². The molecule has 1 fully saturated rings. The van der Waals surface area contributed by atoms with Crippen LogP contribution in [0.15, 0.2) is 12.7 Å². The summed E-state index contributed by atoms with van der Waals surface area (Å²) in [5.74, 6) is 5.57. The van der Waals surface area contributed by atoms with Crippen molar-refractivity contribution in [1.82, 2.24) is 10.3 Å². The average molecular weight is 213 g/mol. The van der Waals surface area contributed by atoms with Crippen LogP contribution in [0.5, 0.6) is 0 Å². The maximum absolute atomic E-state index is 5.57. The molecule has 0 aromatic heterocycles. The van der Waals surface area contributed by atoms with E-state index >= 15 is 0 Å². The summed E-state index contributed by atoms with van der Waals surface area (Å²) in [5, 5.41) is 0. The first kappa shape index (κ1) is 12.6. The topological polar surface area (TPSA) is 50.5 Å². The molecule has 0 bridgehead atoms. The Bertz CT molecular complexity index is 204. The summed E-state index contributed by atoms with van der Waals surface area (Å²) in [4.78, 5) is 2.43. The van der Waals surface area contributed by atoms with E-state index in [9.17, 15) is 0 Å². The van der Waals surface area contributed by atoms with Gasteiger partial charge in [-0.05, 0) is 13.3 Å². The van der Waals surface area contributed by atoms with Crippen LogP contribution in [0.25, 0.3) is 0 Å². The molecular formula is C11H23N3O. The molecule has 3 N–H and O–H groups in total. The zero-order chi connectivity index (χ0) is 11.3. The number of nitrogens with two attached hydrogens (primary N) is 1. The summed E-state index contributed by atoms with van der Waals surface area (Å²) in [7, 11) is 0. The van der Waals surface area contributed by atoms with E-state index < -0.39 is 0 Å². The van der Waals surface area contributed by atoms with Gasteiger partial charge in [-0.2, -0.15) is 0 Å². The SMILES string of the molecule is C=CC(NN)C(C)(CC)N1CCOCC1. The van der Waals surface area contributed by atoms with Crippen molar-refractivity contribution >= 4 is 0 Å². The lowest BCUT2D eigenvalue weighted by atomic mass is 9.87. The Morgan fingerprint density at radius 3 is 2.60 bits per heavy atom. The van der Waals surface area contributed by atoms with Crippen molar-refractivity contribution in [1.29, 1.82) is 0 Å². The standard InChI is InChI=1S/C11H23N3O/c1-4-10(13-12)11(3,5-2)14-6-8-15-9-7-14/h4,10,13H,1,5-9,12H2,2-3H3. The van der Waals surface area contributed by atoms with Crippen molar-refractivity contribution in [3.63, 3.8) is 0 Å². The predicted octanol–water partition coefficient (Wildman–Crippen LogP) is 0.505. The first-order valence-corrected chi connectivity index (χ1v) is 5.60. The van der Waals surface area contributed by atoms with Crippen LogP contribution in [0.4, 0.5) is 0 Å². The van der Waals surface area contributed by atoms with Gasteiger partial charge in [-0.25, -0.2) is 0 Å². The van der Waals surface area contributed by atoms with Crippen molar-refractivity contribution < 1.29 is 4.74 Å². The molecule has 1 aliphatic rings.